The molecule has 1 aliphatic heterocycles. The lowest BCUT2D eigenvalue weighted by atomic mass is 10.0. The lowest BCUT2D eigenvalue weighted by Gasteiger charge is -2.36. The van der Waals surface area contributed by atoms with E-state index < -0.39 is 5.82 Å². The standard InChI is InChI=1S/C19H19F2N7O.ClH/c20-14-3-1-2-13(8-14)18-10-22-6-7-27(18)11-19(29)24-17-9-15(4-5-16(17)21)28-12-23-25-26-28;/h1-5,8-9,12,18,22H,6-7,10-11H2,(H,24,29);1H. The Hall–Kier alpha value is -2.95. The third-order valence-corrected chi connectivity index (χ3v) is 4.77. The topological polar surface area (TPSA) is 88.0 Å². The monoisotopic (exact) mass is 435 g/mol. The Morgan fingerprint density at radius 2 is 2.10 bits per heavy atom. The molecule has 1 atom stereocenters. The van der Waals surface area contributed by atoms with Gasteiger partial charge in [0.1, 0.15) is 18.0 Å². The van der Waals surface area contributed by atoms with Crippen LogP contribution < -0.4 is 10.6 Å². The zero-order valence-corrected chi connectivity index (χ0v) is 16.6. The van der Waals surface area contributed by atoms with Gasteiger partial charge in [-0.15, -0.1) is 17.5 Å². The van der Waals surface area contributed by atoms with Crippen LogP contribution in [0.15, 0.2) is 48.8 Å². The molecule has 1 aromatic heterocycles. The molecular formula is C19H20ClF2N7O. The number of hydrogen-bond donors (Lipinski definition) is 2. The molecule has 3 aromatic rings. The minimum absolute atomic E-state index is 0. The molecule has 4 rings (SSSR count). The van der Waals surface area contributed by atoms with Crippen LogP contribution in [0.2, 0.25) is 0 Å². The van der Waals surface area contributed by atoms with Crippen LogP contribution in [0, 0.1) is 11.6 Å². The van der Waals surface area contributed by atoms with E-state index in [1.807, 2.05) is 11.0 Å². The van der Waals surface area contributed by atoms with Crippen molar-refractivity contribution in [3.05, 3.63) is 66.0 Å². The zero-order chi connectivity index (χ0) is 20.2. The number of benzene rings is 2. The normalized spacial score (nSPS) is 16.7. The third kappa shape index (κ3) is 4.96. The van der Waals surface area contributed by atoms with Crippen LogP contribution in [-0.2, 0) is 4.79 Å². The highest BCUT2D eigenvalue weighted by Gasteiger charge is 2.26. The van der Waals surface area contributed by atoms with Gasteiger partial charge in [-0.05, 0) is 46.3 Å². The van der Waals surface area contributed by atoms with Gasteiger partial charge in [-0.1, -0.05) is 12.1 Å². The van der Waals surface area contributed by atoms with E-state index in [9.17, 15) is 13.6 Å². The minimum atomic E-state index is -0.558. The lowest BCUT2D eigenvalue weighted by molar-refractivity contribution is -0.118. The first-order valence-corrected chi connectivity index (χ1v) is 9.13. The van der Waals surface area contributed by atoms with Gasteiger partial charge in [0.05, 0.1) is 17.9 Å². The van der Waals surface area contributed by atoms with Crippen molar-refractivity contribution in [3.63, 3.8) is 0 Å². The van der Waals surface area contributed by atoms with E-state index in [0.717, 1.165) is 5.56 Å². The molecule has 30 heavy (non-hydrogen) atoms. The Kier molecular flexibility index (Phi) is 7.03. The van der Waals surface area contributed by atoms with Gasteiger partial charge in [-0.3, -0.25) is 9.69 Å². The molecule has 158 valence electrons. The Morgan fingerprint density at radius 3 is 2.87 bits per heavy atom. The number of tetrazole rings is 1. The van der Waals surface area contributed by atoms with Crippen LogP contribution in [0.3, 0.4) is 0 Å². The second-order valence-electron chi connectivity index (χ2n) is 6.71. The van der Waals surface area contributed by atoms with Gasteiger partial charge < -0.3 is 10.6 Å². The van der Waals surface area contributed by atoms with Gasteiger partial charge in [0, 0.05) is 25.7 Å². The smallest absolute Gasteiger partial charge is 0.238 e. The van der Waals surface area contributed by atoms with E-state index in [1.54, 1.807) is 6.07 Å². The fourth-order valence-electron chi connectivity index (χ4n) is 3.38. The first-order chi connectivity index (χ1) is 14.1. The van der Waals surface area contributed by atoms with Crippen LogP contribution in [0.1, 0.15) is 11.6 Å². The van der Waals surface area contributed by atoms with E-state index in [1.165, 1.54) is 41.3 Å². The highest BCUT2D eigenvalue weighted by molar-refractivity contribution is 5.92. The maximum atomic E-state index is 14.2. The van der Waals surface area contributed by atoms with Crippen molar-refractivity contribution in [1.29, 1.82) is 0 Å². The summed E-state index contributed by atoms with van der Waals surface area (Å²) in [5.41, 5.74) is 1.35. The molecular weight excluding hydrogens is 416 g/mol. The third-order valence-electron chi connectivity index (χ3n) is 4.77. The first kappa shape index (κ1) is 21.8. The summed E-state index contributed by atoms with van der Waals surface area (Å²) in [5.74, 6) is -1.24. The van der Waals surface area contributed by atoms with Crippen molar-refractivity contribution in [2.75, 3.05) is 31.5 Å². The second kappa shape index (κ2) is 9.70. The summed E-state index contributed by atoms with van der Waals surface area (Å²) in [6.07, 6.45) is 1.38. The number of carbonyl (C=O) groups excluding carboxylic acids is 1. The van der Waals surface area contributed by atoms with Crippen molar-refractivity contribution in [3.8, 4) is 5.69 Å². The van der Waals surface area contributed by atoms with Gasteiger partial charge in [0.25, 0.3) is 0 Å². The molecule has 1 fully saturated rings. The molecule has 2 heterocycles. The number of rotatable bonds is 5. The molecule has 2 aromatic carbocycles. The SMILES string of the molecule is Cl.O=C(CN1CCNCC1c1cccc(F)c1)Nc1cc(-n2cnnn2)ccc1F. The molecule has 0 saturated carbocycles. The number of nitrogens with one attached hydrogen (secondary N) is 2. The number of aromatic nitrogens is 4. The van der Waals surface area contributed by atoms with E-state index >= 15 is 0 Å². The highest BCUT2D eigenvalue weighted by Crippen LogP contribution is 2.23. The Labute approximate surface area is 177 Å². The van der Waals surface area contributed by atoms with Crippen LogP contribution in [0.5, 0.6) is 0 Å². The van der Waals surface area contributed by atoms with Gasteiger partial charge in [0.15, 0.2) is 0 Å². The predicted molar refractivity (Wildman–Crippen MR) is 109 cm³/mol. The van der Waals surface area contributed by atoms with E-state index in [4.69, 9.17) is 0 Å². The maximum Gasteiger partial charge on any atom is 0.238 e. The molecule has 0 aliphatic carbocycles. The van der Waals surface area contributed by atoms with Crippen molar-refractivity contribution in [1.82, 2.24) is 30.4 Å². The predicted octanol–water partition coefficient (Wildman–Crippen LogP) is 1.95. The minimum Gasteiger partial charge on any atom is -0.322 e. The van der Waals surface area contributed by atoms with Gasteiger partial charge >= 0.3 is 0 Å². The number of carbonyl (C=O) groups is 1. The number of halogens is 3. The van der Waals surface area contributed by atoms with Gasteiger partial charge in [0.2, 0.25) is 5.91 Å². The summed E-state index contributed by atoms with van der Waals surface area (Å²) in [5, 5.41) is 16.7. The van der Waals surface area contributed by atoms with Gasteiger partial charge in [-0.25, -0.2) is 13.5 Å². The van der Waals surface area contributed by atoms with E-state index in [0.29, 0.717) is 25.3 Å². The van der Waals surface area contributed by atoms with Crippen molar-refractivity contribution >= 4 is 24.0 Å². The summed E-state index contributed by atoms with van der Waals surface area (Å²) < 4.78 is 29.2. The quantitative estimate of drug-likeness (QED) is 0.637. The summed E-state index contributed by atoms with van der Waals surface area (Å²) in [7, 11) is 0. The average molecular weight is 436 g/mol. The molecule has 0 radical (unpaired) electrons. The first-order valence-electron chi connectivity index (χ1n) is 9.13. The number of hydrogen-bond acceptors (Lipinski definition) is 6. The van der Waals surface area contributed by atoms with Gasteiger partial charge in [-0.2, -0.15) is 0 Å². The Bertz CT molecular complexity index is 1000. The van der Waals surface area contributed by atoms with E-state index in [-0.39, 0.29) is 42.4 Å². The van der Waals surface area contributed by atoms with Crippen molar-refractivity contribution < 1.29 is 13.6 Å². The molecule has 2 N–H and O–H groups in total. The molecule has 0 bridgehead atoms. The lowest BCUT2D eigenvalue weighted by Crippen LogP contribution is -2.48. The van der Waals surface area contributed by atoms with Crippen LogP contribution >= 0.6 is 12.4 Å². The summed E-state index contributed by atoms with van der Waals surface area (Å²) in [6.45, 7) is 1.97. The van der Waals surface area contributed by atoms with E-state index in [2.05, 4.69) is 26.2 Å². The molecule has 8 nitrogen and oxygen atoms in total. The number of nitrogens with zero attached hydrogens (tertiary/aromatic N) is 5. The second-order valence-corrected chi connectivity index (χ2v) is 6.71. The van der Waals surface area contributed by atoms with Crippen molar-refractivity contribution in [2.45, 2.75) is 6.04 Å². The number of amides is 1. The zero-order valence-electron chi connectivity index (χ0n) is 15.8. The molecule has 1 saturated heterocycles. The van der Waals surface area contributed by atoms with Crippen LogP contribution in [-0.4, -0.2) is 57.2 Å². The fourth-order valence-corrected chi connectivity index (χ4v) is 3.38. The van der Waals surface area contributed by atoms with Crippen LogP contribution in [0.4, 0.5) is 14.5 Å². The molecule has 1 aliphatic rings. The fraction of sp³-hybridized carbons (Fsp3) is 0.263. The highest BCUT2D eigenvalue weighted by atomic mass is 35.5. The van der Waals surface area contributed by atoms with Crippen molar-refractivity contribution in [2.24, 2.45) is 0 Å². The molecule has 1 unspecified atom stereocenters. The molecule has 11 heteroatoms. The summed E-state index contributed by atoms with van der Waals surface area (Å²) in [4.78, 5) is 14.6. The largest absolute Gasteiger partial charge is 0.322 e. The molecule has 0 spiro atoms. The Morgan fingerprint density at radius 1 is 1.23 bits per heavy atom. The Balaban J connectivity index is 0.00000256. The number of anilines is 1. The van der Waals surface area contributed by atoms with Crippen LogP contribution in [0.25, 0.3) is 5.69 Å². The summed E-state index contributed by atoms with van der Waals surface area (Å²) in [6, 6.07) is 10.4. The maximum absolute atomic E-state index is 14.2. The average Bonchev–Trinajstić information content (AvgIpc) is 3.25. The number of piperazine rings is 1. The molecule has 1 amide bonds. The summed E-state index contributed by atoms with van der Waals surface area (Å²) >= 11 is 0.